The molecule has 0 N–H and O–H groups in total. The molecule has 0 amide bonds. The highest BCUT2D eigenvalue weighted by Crippen LogP contribution is 2.28. The van der Waals surface area contributed by atoms with Gasteiger partial charge in [-0.3, -0.25) is 9.56 Å². The van der Waals surface area contributed by atoms with E-state index in [9.17, 15) is 4.39 Å². The molecule has 1 aromatic heterocycles. The van der Waals surface area contributed by atoms with Crippen molar-refractivity contribution >= 4 is 33.2 Å². The van der Waals surface area contributed by atoms with E-state index in [1.165, 1.54) is 12.1 Å². The zero-order valence-electron chi connectivity index (χ0n) is 12.4. The minimum Gasteiger partial charge on any atom is -0.280 e. The van der Waals surface area contributed by atoms with Crippen LogP contribution >= 0.6 is 27.5 Å². The molecular weight excluding hydrogens is 395 g/mol. The number of hydrogen-bond donors (Lipinski definition) is 0. The molecule has 4 rings (SSSR count). The minimum absolute atomic E-state index is 0.255. The Balaban J connectivity index is 1.97. The molecule has 4 nitrogen and oxygen atoms in total. The Bertz CT molecular complexity index is 950. The highest BCUT2D eigenvalue weighted by molar-refractivity contribution is 9.10. The lowest BCUT2D eigenvalue weighted by Gasteiger charge is -2.13. The van der Waals surface area contributed by atoms with E-state index >= 15 is 0 Å². The Labute approximate surface area is 151 Å². The van der Waals surface area contributed by atoms with Crippen LogP contribution in [0.4, 0.5) is 4.39 Å². The zero-order valence-corrected chi connectivity index (χ0v) is 14.7. The fourth-order valence-corrected chi connectivity index (χ4v) is 3.32. The van der Waals surface area contributed by atoms with Gasteiger partial charge in [-0.1, -0.05) is 15.9 Å². The molecule has 24 heavy (non-hydrogen) atoms. The third-order valence-corrected chi connectivity index (χ3v) is 4.60. The molecule has 0 fully saturated rings. The first-order chi connectivity index (χ1) is 11.7. The summed E-state index contributed by atoms with van der Waals surface area (Å²) in [5, 5.41) is 8.35. The number of alkyl halides is 1. The molecule has 1 aliphatic rings. The Morgan fingerprint density at radius 3 is 2.67 bits per heavy atom. The Morgan fingerprint density at radius 1 is 1.12 bits per heavy atom. The molecule has 0 radical (unpaired) electrons. The fourth-order valence-electron chi connectivity index (χ4n) is 2.80. The minimum atomic E-state index is -0.273. The maximum atomic E-state index is 13.3. The van der Waals surface area contributed by atoms with Gasteiger partial charge in [-0.05, 0) is 42.5 Å². The molecule has 0 spiro atoms. The predicted octanol–water partition coefficient (Wildman–Crippen LogP) is 4.26. The van der Waals surface area contributed by atoms with Crippen molar-refractivity contribution in [3.63, 3.8) is 0 Å². The van der Waals surface area contributed by atoms with Gasteiger partial charge in [-0.15, -0.1) is 21.8 Å². The first-order valence-electron chi connectivity index (χ1n) is 7.27. The van der Waals surface area contributed by atoms with Gasteiger partial charge < -0.3 is 0 Å². The quantitative estimate of drug-likeness (QED) is 0.598. The lowest BCUT2D eigenvalue weighted by Crippen LogP contribution is -2.09. The van der Waals surface area contributed by atoms with Crippen molar-refractivity contribution in [3.05, 3.63) is 75.5 Å². The van der Waals surface area contributed by atoms with Crippen LogP contribution in [-0.2, 0) is 12.4 Å². The molecule has 1 aliphatic heterocycles. The molecule has 2 aromatic carbocycles. The molecule has 3 aromatic rings. The van der Waals surface area contributed by atoms with Gasteiger partial charge in [-0.2, -0.15) is 0 Å². The van der Waals surface area contributed by atoms with E-state index < -0.39 is 0 Å². The molecule has 0 bridgehead atoms. The summed E-state index contributed by atoms with van der Waals surface area (Å²) in [7, 11) is 0. The summed E-state index contributed by atoms with van der Waals surface area (Å²) in [6, 6.07) is 12.3. The van der Waals surface area contributed by atoms with Crippen LogP contribution in [0.2, 0.25) is 0 Å². The summed E-state index contributed by atoms with van der Waals surface area (Å²) < 4.78 is 16.1. The van der Waals surface area contributed by atoms with E-state index in [0.29, 0.717) is 12.4 Å². The van der Waals surface area contributed by atoms with E-state index in [2.05, 4.69) is 26.1 Å². The number of fused-ring (bicyclic) bond motifs is 3. The van der Waals surface area contributed by atoms with Crippen LogP contribution < -0.4 is 0 Å². The topological polar surface area (TPSA) is 43.1 Å². The van der Waals surface area contributed by atoms with Gasteiger partial charge in [0.1, 0.15) is 12.4 Å². The van der Waals surface area contributed by atoms with E-state index in [1.807, 2.05) is 22.8 Å². The molecule has 0 aliphatic carbocycles. The van der Waals surface area contributed by atoms with Crippen LogP contribution in [0, 0.1) is 5.82 Å². The van der Waals surface area contributed by atoms with Crippen molar-refractivity contribution in [3.8, 4) is 5.69 Å². The van der Waals surface area contributed by atoms with Crippen molar-refractivity contribution < 1.29 is 4.39 Å². The fraction of sp³-hybridized carbons (Fsp3) is 0.118. The second-order valence-electron chi connectivity index (χ2n) is 5.33. The van der Waals surface area contributed by atoms with Crippen LogP contribution in [0.5, 0.6) is 0 Å². The zero-order chi connectivity index (χ0) is 16.7. The lowest BCUT2D eigenvalue weighted by molar-refractivity contribution is 0.628. The van der Waals surface area contributed by atoms with Gasteiger partial charge in [0.25, 0.3) is 0 Å². The summed E-state index contributed by atoms with van der Waals surface area (Å²) in [5.74, 6) is 1.37. The van der Waals surface area contributed by atoms with E-state index in [0.717, 1.165) is 32.8 Å². The maximum absolute atomic E-state index is 13.3. The predicted molar refractivity (Wildman–Crippen MR) is 94.4 cm³/mol. The molecule has 7 heteroatoms. The number of halogens is 3. The molecule has 120 valence electrons. The standard InChI is InChI=1S/C17H11BrClFN4/c18-11-3-6-13-14(7-11)24-15(8-19)22-23-16(24)9-21-17(13)10-1-4-12(20)5-2-10/h1-7H,8-9H2. The summed E-state index contributed by atoms with van der Waals surface area (Å²) >= 11 is 9.53. The third-order valence-electron chi connectivity index (χ3n) is 3.87. The second kappa shape index (κ2) is 6.11. The van der Waals surface area contributed by atoms with Gasteiger partial charge in [0, 0.05) is 15.6 Å². The monoisotopic (exact) mass is 404 g/mol. The summed E-state index contributed by atoms with van der Waals surface area (Å²) in [5.41, 5.74) is 3.48. The van der Waals surface area contributed by atoms with Crippen LogP contribution in [0.3, 0.4) is 0 Å². The van der Waals surface area contributed by atoms with Gasteiger partial charge in [0.2, 0.25) is 0 Å². The molecule has 0 atom stereocenters. The Hall–Kier alpha value is -2.05. The Kier molecular flexibility index (Phi) is 3.94. The lowest BCUT2D eigenvalue weighted by atomic mass is 10.0. The van der Waals surface area contributed by atoms with Crippen molar-refractivity contribution in [2.45, 2.75) is 12.4 Å². The largest absolute Gasteiger partial charge is 0.280 e. The first kappa shape index (κ1) is 15.5. The number of rotatable bonds is 2. The van der Waals surface area contributed by atoms with Gasteiger partial charge >= 0.3 is 0 Å². The number of nitrogens with zero attached hydrogens (tertiary/aromatic N) is 4. The molecule has 2 heterocycles. The van der Waals surface area contributed by atoms with Crippen molar-refractivity contribution in [2.24, 2.45) is 4.99 Å². The van der Waals surface area contributed by atoms with Crippen LogP contribution in [-0.4, -0.2) is 20.5 Å². The van der Waals surface area contributed by atoms with Crippen LogP contribution in [0.25, 0.3) is 5.69 Å². The van der Waals surface area contributed by atoms with E-state index in [4.69, 9.17) is 16.6 Å². The summed E-state index contributed by atoms with van der Waals surface area (Å²) in [4.78, 5) is 4.70. The molecule has 0 saturated carbocycles. The molecular formula is C17H11BrClFN4. The highest BCUT2D eigenvalue weighted by atomic mass is 79.9. The van der Waals surface area contributed by atoms with Crippen molar-refractivity contribution in [1.82, 2.24) is 14.8 Å². The molecule has 0 saturated heterocycles. The highest BCUT2D eigenvalue weighted by Gasteiger charge is 2.22. The maximum Gasteiger partial charge on any atom is 0.159 e. The first-order valence-corrected chi connectivity index (χ1v) is 8.60. The second-order valence-corrected chi connectivity index (χ2v) is 6.52. The van der Waals surface area contributed by atoms with Gasteiger partial charge in [-0.25, -0.2) is 4.39 Å². The third kappa shape index (κ3) is 2.56. The average Bonchev–Trinajstić information content (AvgIpc) is 2.93. The van der Waals surface area contributed by atoms with E-state index in [1.54, 1.807) is 12.1 Å². The van der Waals surface area contributed by atoms with Crippen LogP contribution in [0.1, 0.15) is 22.8 Å². The SMILES string of the molecule is Fc1ccc(C2=NCc3nnc(CCl)n3-c3cc(Br)ccc32)cc1. The number of aliphatic imine (C=N–C) groups is 1. The smallest absolute Gasteiger partial charge is 0.159 e. The average molecular weight is 406 g/mol. The Morgan fingerprint density at radius 2 is 1.92 bits per heavy atom. The van der Waals surface area contributed by atoms with Gasteiger partial charge in [0.05, 0.1) is 17.3 Å². The summed E-state index contributed by atoms with van der Waals surface area (Å²) in [6.07, 6.45) is 0. The number of benzene rings is 2. The summed E-state index contributed by atoms with van der Waals surface area (Å²) in [6.45, 7) is 0.378. The van der Waals surface area contributed by atoms with Gasteiger partial charge in [0.15, 0.2) is 11.6 Å². The normalized spacial score (nSPS) is 13.0. The van der Waals surface area contributed by atoms with Crippen molar-refractivity contribution in [1.29, 1.82) is 0 Å². The number of aromatic nitrogens is 3. The van der Waals surface area contributed by atoms with Crippen LogP contribution in [0.15, 0.2) is 51.9 Å². The van der Waals surface area contributed by atoms with E-state index in [-0.39, 0.29) is 11.7 Å². The molecule has 0 unspecified atom stereocenters. The number of hydrogen-bond acceptors (Lipinski definition) is 3. The van der Waals surface area contributed by atoms with Crippen molar-refractivity contribution in [2.75, 3.05) is 0 Å².